The van der Waals surface area contributed by atoms with Gasteiger partial charge in [-0.2, -0.15) is 5.10 Å². The van der Waals surface area contributed by atoms with Crippen LogP contribution in [0.4, 0.5) is 0 Å². The summed E-state index contributed by atoms with van der Waals surface area (Å²) in [6.07, 6.45) is 3.51. The van der Waals surface area contributed by atoms with Gasteiger partial charge in [0.05, 0.1) is 11.3 Å². The summed E-state index contributed by atoms with van der Waals surface area (Å²) in [6.45, 7) is 0.248. The molecule has 1 aromatic carbocycles. The highest BCUT2D eigenvalue weighted by molar-refractivity contribution is 5.99. The molecule has 0 aliphatic heterocycles. The summed E-state index contributed by atoms with van der Waals surface area (Å²) in [6, 6.07) is 7.61. The smallest absolute Gasteiger partial charge is 0.326 e. The summed E-state index contributed by atoms with van der Waals surface area (Å²) in [5.74, 6) is -1.56. The molecular formula is C15H17N3O4. The molecule has 0 saturated heterocycles. The number of nitrogens with zero attached hydrogens (tertiary/aromatic N) is 2. The van der Waals surface area contributed by atoms with Crippen molar-refractivity contribution >= 4 is 11.9 Å². The number of carboxylic acid groups (broad SMARTS) is 1. The number of carbonyl (C=O) groups excluding carboxylic acids is 1. The van der Waals surface area contributed by atoms with E-state index in [1.807, 2.05) is 0 Å². The highest BCUT2D eigenvalue weighted by Gasteiger charge is 2.22. The maximum absolute atomic E-state index is 12.4. The quantitative estimate of drug-likeness (QED) is 0.798. The number of hydrogen-bond acceptors (Lipinski definition) is 4. The lowest BCUT2D eigenvalue weighted by atomic mass is 10.1. The molecule has 2 N–H and O–H groups in total. The molecule has 7 heteroatoms. The highest BCUT2D eigenvalue weighted by atomic mass is 16.5. The molecule has 22 heavy (non-hydrogen) atoms. The summed E-state index contributed by atoms with van der Waals surface area (Å²) < 4.78 is 6.42. The lowest BCUT2D eigenvalue weighted by Gasteiger charge is -2.15. The van der Waals surface area contributed by atoms with Crippen LogP contribution in [0.15, 0.2) is 42.7 Å². The summed E-state index contributed by atoms with van der Waals surface area (Å²) in [5.41, 5.74) is 0.941. The average molecular weight is 303 g/mol. The Hall–Kier alpha value is -2.67. The molecular weight excluding hydrogens is 286 g/mol. The molecule has 116 valence electrons. The van der Waals surface area contributed by atoms with E-state index in [0.29, 0.717) is 11.3 Å². The third-order valence-corrected chi connectivity index (χ3v) is 3.11. The predicted octanol–water partition coefficient (Wildman–Crippen LogP) is 1.09. The van der Waals surface area contributed by atoms with Crippen LogP contribution in [0.5, 0.6) is 0 Å². The first-order valence-electron chi connectivity index (χ1n) is 6.75. The summed E-state index contributed by atoms with van der Waals surface area (Å²) in [5, 5.41) is 15.8. The predicted molar refractivity (Wildman–Crippen MR) is 78.9 cm³/mol. The van der Waals surface area contributed by atoms with Crippen LogP contribution in [0, 0.1) is 0 Å². The molecule has 0 saturated carbocycles. The molecule has 0 radical (unpaired) electrons. The van der Waals surface area contributed by atoms with Crippen molar-refractivity contribution in [3.8, 4) is 5.69 Å². The SMILES string of the molecule is COCCC(NC(=O)c1ccccc1-n1cccn1)C(=O)O. The van der Waals surface area contributed by atoms with Crippen molar-refractivity contribution in [3.63, 3.8) is 0 Å². The van der Waals surface area contributed by atoms with Gasteiger partial charge in [-0.3, -0.25) is 4.79 Å². The van der Waals surface area contributed by atoms with Gasteiger partial charge in [-0.1, -0.05) is 12.1 Å². The van der Waals surface area contributed by atoms with E-state index >= 15 is 0 Å². The summed E-state index contributed by atoms with van der Waals surface area (Å²) >= 11 is 0. The number of methoxy groups -OCH3 is 1. The van der Waals surface area contributed by atoms with Gasteiger partial charge >= 0.3 is 5.97 Å². The van der Waals surface area contributed by atoms with Crippen LogP contribution in [0.2, 0.25) is 0 Å². The van der Waals surface area contributed by atoms with Gasteiger partial charge in [0, 0.05) is 32.5 Å². The largest absolute Gasteiger partial charge is 0.480 e. The maximum atomic E-state index is 12.4. The minimum atomic E-state index is -1.10. The number of para-hydroxylation sites is 1. The van der Waals surface area contributed by atoms with Crippen molar-refractivity contribution < 1.29 is 19.4 Å². The Morgan fingerprint density at radius 1 is 1.36 bits per heavy atom. The lowest BCUT2D eigenvalue weighted by molar-refractivity contribution is -0.139. The van der Waals surface area contributed by atoms with Gasteiger partial charge in [0.15, 0.2) is 0 Å². The van der Waals surface area contributed by atoms with Crippen LogP contribution in [0.1, 0.15) is 16.8 Å². The van der Waals surface area contributed by atoms with Gasteiger partial charge in [-0.25, -0.2) is 9.48 Å². The molecule has 7 nitrogen and oxygen atoms in total. The average Bonchev–Trinajstić information content (AvgIpc) is 3.05. The third-order valence-electron chi connectivity index (χ3n) is 3.11. The molecule has 1 amide bonds. The molecule has 0 aliphatic rings. The van der Waals surface area contributed by atoms with E-state index in [4.69, 9.17) is 9.84 Å². The second-order valence-corrected chi connectivity index (χ2v) is 4.61. The number of rotatable bonds is 7. The first-order valence-corrected chi connectivity index (χ1v) is 6.75. The van der Waals surface area contributed by atoms with E-state index in [1.54, 1.807) is 47.4 Å². The highest BCUT2D eigenvalue weighted by Crippen LogP contribution is 2.13. The zero-order valence-corrected chi connectivity index (χ0v) is 12.1. The standard InChI is InChI=1S/C15H17N3O4/c1-22-10-7-12(15(20)21)17-14(19)11-5-2-3-6-13(11)18-9-4-8-16-18/h2-6,8-9,12H,7,10H2,1H3,(H,17,19)(H,20,21). The van der Waals surface area contributed by atoms with Gasteiger partial charge in [0.25, 0.3) is 5.91 Å². The van der Waals surface area contributed by atoms with E-state index in [1.165, 1.54) is 7.11 Å². The van der Waals surface area contributed by atoms with E-state index in [2.05, 4.69) is 10.4 Å². The van der Waals surface area contributed by atoms with Crippen molar-refractivity contribution in [1.29, 1.82) is 0 Å². The molecule has 1 atom stereocenters. The molecule has 1 unspecified atom stereocenters. The van der Waals surface area contributed by atoms with Gasteiger partial charge in [-0.15, -0.1) is 0 Å². The Morgan fingerprint density at radius 2 is 2.14 bits per heavy atom. The number of nitrogens with one attached hydrogen (secondary N) is 1. The van der Waals surface area contributed by atoms with Gasteiger partial charge in [0.2, 0.25) is 0 Å². The number of benzene rings is 1. The van der Waals surface area contributed by atoms with Crippen LogP contribution in [0.3, 0.4) is 0 Å². The van der Waals surface area contributed by atoms with Crippen molar-refractivity contribution in [2.45, 2.75) is 12.5 Å². The fourth-order valence-electron chi connectivity index (χ4n) is 2.01. The van der Waals surface area contributed by atoms with Crippen LogP contribution < -0.4 is 5.32 Å². The minimum Gasteiger partial charge on any atom is -0.480 e. The molecule has 2 aromatic rings. The Kier molecular flexibility index (Phi) is 5.26. The number of carboxylic acids is 1. The molecule has 0 bridgehead atoms. The molecule has 1 aromatic heterocycles. The number of hydrogen-bond donors (Lipinski definition) is 2. The minimum absolute atomic E-state index is 0.196. The fourth-order valence-corrected chi connectivity index (χ4v) is 2.01. The van der Waals surface area contributed by atoms with Gasteiger partial charge < -0.3 is 15.2 Å². The topological polar surface area (TPSA) is 93.5 Å². The number of carbonyl (C=O) groups is 2. The summed E-state index contributed by atoms with van der Waals surface area (Å²) in [4.78, 5) is 23.6. The molecule has 0 spiro atoms. The van der Waals surface area contributed by atoms with Gasteiger partial charge in [-0.05, 0) is 18.2 Å². The van der Waals surface area contributed by atoms with Crippen LogP contribution in [-0.2, 0) is 9.53 Å². The monoisotopic (exact) mass is 303 g/mol. The number of ether oxygens (including phenoxy) is 1. The molecule has 0 fully saturated rings. The Balaban J connectivity index is 2.21. The van der Waals surface area contributed by atoms with Crippen LogP contribution in [-0.4, -0.2) is 46.5 Å². The van der Waals surface area contributed by atoms with E-state index < -0.39 is 17.9 Å². The van der Waals surface area contributed by atoms with Crippen molar-refractivity contribution in [2.75, 3.05) is 13.7 Å². The Bertz CT molecular complexity index is 640. The number of aromatic nitrogens is 2. The Morgan fingerprint density at radius 3 is 2.77 bits per heavy atom. The van der Waals surface area contributed by atoms with Gasteiger partial charge in [0.1, 0.15) is 6.04 Å². The van der Waals surface area contributed by atoms with Crippen molar-refractivity contribution in [1.82, 2.24) is 15.1 Å². The Labute approximate surface area is 127 Å². The van der Waals surface area contributed by atoms with E-state index in [0.717, 1.165) is 0 Å². The first kappa shape index (κ1) is 15.7. The number of aliphatic carboxylic acids is 1. The zero-order valence-electron chi connectivity index (χ0n) is 12.1. The molecule has 1 heterocycles. The lowest BCUT2D eigenvalue weighted by Crippen LogP contribution is -2.41. The second-order valence-electron chi connectivity index (χ2n) is 4.61. The van der Waals surface area contributed by atoms with Crippen molar-refractivity contribution in [3.05, 3.63) is 48.3 Å². The van der Waals surface area contributed by atoms with E-state index in [-0.39, 0.29) is 13.0 Å². The van der Waals surface area contributed by atoms with Crippen LogP contribution >= 0.6 is 0 Å². The maximum Gasteiger partial charge on any atom is 0.326 e. The molecule has 0 aliphatic carbocycles. The van der Waals surface area contributed by atoms with E-state index in [9.17, 15) is 9.59 Å². The second kappa shape index (κ2) is 7.37. The zero-order chi connectivity index (χ0) is 15.9. The third kappa shape index (κ3) is 3.70. The number of amides is 1. The first-order chi connectivity index (χ1) is 10.6. The normalized spacial score (nSPS) is 11.9. The van der Waals surface area contributed by atoms with Crippen molar-refractivity contribution in [2.24, 2.45) is 0 Å². The fraction of sp³-hybridized carbons (Fsp3) is 0.267. The molecule has 2 rings (SSSR count). The van der Waals surface area contributed by atoms with Crippen LogP contribution in [0.25, 0.3) is 5.69 Å². The summed E-state index contributed by atoms with van der Waals surface area (Å²) in [7, 11) is 1.48.